The van der Waals surface area contributed by atoms with Crippen LogP contribution in [-0.4, -0.2) is 4.98 Å². The van der Waals surface area contributed by atoms with Gasteiger partial charge in [0.2, 0.25) is 0 Å². The van der Waals surface area contributed by atoms with Crippen molar-refractivity contribution in [2.75, 3.05) is 0 Å². The lowest BCUT2D eigenvalue weighted by molar-refractivity contribution is 0.501. The van der Waals surface area contributed by atoms with Gasteiger partial charge in [-0.05, 0) is 17.7 Å². The molecule has 19 heavy (non-hydrogen) atoms. The van der Waals surface area contributed by atoms with E-state index in [4.69, 9.17) is 10.2 Å². The lowest BCUT2D eigenvalue weighted by Gasteiger charge is -1.93. The quantitative estimate of drug-likeness (QED) is 0.872. The van der Waals surface area contributed by atoms with Gasteiger partial charge in [-0.15, -0.1) is 0 Å². The van der Waals surface area contributed by atoms with E-state index in [1.165, 1.54) is 32.1 Å². The Morgan fingerprint density at radius 1 is 1.16 bits per heavy atom. The summed E-state index contributed by atoms with van der Waals surface area (Å²) in [6.45, 7) is 4.67. The second kappa shape index (κ2) is 6.71. The SMILES string of the molecule is C1CCCC1.CC(C)c1nc2cc(CN)ccc2o1. The lowest BCUT2D eigenvalue weighted by Crippen LogP contribution is -1.95. The van der Waals surface area contributed by atoms with Gasteiger partial charge >= 0.3 is 0 Å². The Morgan fingerprint density at radius 2 is 1.79 bits per heavy atom. The molecule has 1 fully saturated rings. The van der Waals surface area contributed by atoms with Crippen LogP contribution in [0, 0.1) is 0 Å². The first-order valence-corrected chi connectivity index (χ1v) is 7.30. The molecule has 1 aromatic heterocycles. The minimum absolute atomic E-state index is 0.323. The van der Waals surface area contributed by atoms with Crippen LogP contribution in [0.25, 0.3) is 11.1 Å². The van der Waals surface area contributed by atoms with Crippen LogP contribution < -0.4 is 5.73 Å². The molecule has 0 saturated heterocycles. The molecule has 0 aliphatic heterocycles. The Labute approximate surface area is 115 Å². The summed E-state index contributed by atoms with van der Waals surface area (Å²) in [5.74, 6) is 1.11. The van der Waals surface area contributed by atoms with E-state index in [9.17, 15) is 0 Å². The predicted octanol–water partition coefficient (Wildman–Crippen LogP) is 4.36. The van der Waals surface area contributed by atoms with Crippen molar-refractivity contribution in [1.82, 2.24) is 4.98 Å². The van der Waals surface area contributed by atoms with E-state index in [1.807, 2.05) is 18.2 Å². The number of hydrogen-bond acceptors (Lipinski definition) is 3. The Hall–Kier alpha value is -1.35. The highest BCUT2D eigenvalue weighted by Gasteiger charge is 2.08. The fourth-order valence-electron chi connectivity index (χ4n) is 2.25. The molecule has 0 amide bonds. The molecule has 1 heterocycles. The fraction of sp³-hybridized carbons (Fsp3) is 0.562. The van der Waals surface area contributed by atoms with Crippen LogP contribution in [0.3, 0.4) is 0 Å². The summed E-state index contributed by atoms with van der Waals surface area (Å²) in [6, 6.07) is 5.87. The van der Waals surface area contributed by atoms with Gasteiger partial charge < -0.3 is 10.2 Å². The number of aromatic nitrogens is 1. The minimum Gasteiger partial charge on any atom is -0.440 e. The molecular formula is C16H24N2O. The van der Waals surface area contributed by atoms with Gasteiger partial charge in [0.15, 0.2) is 11.5 Å². The van der Waals surface area contributed by atoms with E-state index in [1.54, 1.807) is 0 Å². The smallest absolute Gasteiger partial charge is 0.198 e. The van der Waals surface area contributed by atoms with Crippen molar-refractivity contribution in [1.29, 1.82) is 0 Å². The third-order valence-electron chi connectivity index (χ3n) is 3.45. The molecule has 3 heteroatoms. The second-order valence-corrected chi connectivity index (χ2v) is 5.48. The largest absolute Gasteiger partial charge is 0.440 e. The summed E-state index contributed by atoms with van der Waals surface area (Å²) >= 11 is 0. The zero-order chi connectivity index (χ0) is 13.7. The first kappa shape index (κ1) is 14.1. The van der Waals surface area contributed by atoms with E-state index < -0.39 is 0 Å². The normalized spacial score (nSPS) is 14.7. The van der Waals surface area contributed by atoms with Crippen molar-refractivity contribution < 1.29 is 4.42 Å². The van der Waals surface area contributed by atoms with Crippen molar-refractivity contribution in [3.05, 3.63) is 29.7 Å². The summed E-state index contributed by atoms with van der Waals surface area (Å²) in [4.78, 5) is 4.40. The van der Waals surface area contributed by atoms with Crippen LogP contribution in [0.5, 0.6) is 0 Å². The van der Waals surface area contributed by atoms with Crippen LogP contribution in [0.1, 0.15) is 63.3 Å². The Balaban J connectivity index is 0.000000224. The Bertz CT molecular complexity index is 505. The fourth-order valence-corrected chi connectivity index (χ4v) is 2.25. The van der Waals surface area contributed by atoms with E-state index >= 15 is 0 Å². The minimum atomic E-state index is 0.323. The predicted molar refractivity (Wildman–Crippen MR) is 79.1 cm³/mol. The summed E-state index contributed by atoms with van der Waals surface area (Å²) in [5.41, 5.74) is 8.37. The first-order chi connectivity index (χ1) is 9.20. The standard InChI is InChI=1S/C11H14N2O.C5H10/c1-7(2)11-13-9-5-8(6-12)3-4-10(9)14-11;1-2-4-5-3-1/h3-5,7H,6,12H2,1-2H3;1-5H2. The van der Waals surface area contributed by atoms with Gasteiger partial charge in [-0.1, -0.05) is 52.0 Å². The van der Waals surface area contributed by atoms with E-state index in [2.05, 4.69) is 18.8 Å². The van der Waals surface area contributed by atoms with Gasteiger partial charge in [0.05, 0.1) is 0 Å². The zero-order valence-electron chi connectivity index (χ0n) is 12.0. The summed E-state index contributed by atoms with van der Waals surface area (Å²) in [5, 5.41) is 0. The molecule has 0 atom stereocenters. The zero-order valence-corrected chi connectivity index (χ0v) is 12.0. The molecule has 3 rings (SSSR count). The second-order valence-electron chi connectivity index (χ2n) is 5.48. The number of fused-ring (bicyclic) bond motifs is 1. The van der Waals surface area contributed by atoms with Gasteiger partial charge in [-0.2, -0.15) is 0 Å². The summed E-state index contributed by atoms with van der Waals surface area (Å²) in [6.07, 6.45) is 7.50. The maximum Gasteiger partial charge on any atom is 0.198 e. The third-order valence-corrected chi connectivity index (χ3v) is 3.45. The van der Waals surface area contributed by atoms with Gasteiger partial charge in [0.25, 0.3) is 0 Å². The number of oxazole rings is 1. The molecule has 1 saturated carbocycles. The van der Waals surface area contributed by atoms with Crippen molar-refractivity contribution in [2.45, 2.75) is 58.4 Å². The van der Waals surface area contributed by atoms with E-state index in [0.29, 0.717) is 12.5 Å². The maximum absolute atomic E-state index is 5.58. The number of hydrogen-bond donors (Lipinski definition) is 1. The topological polar surface area (TPSA) is 52.0 Å². The highest BCUT2D eigenvalue weighted by Crippen LogP contribution is 2.21. The number of rotatable bonds is 2. The molecular weight excluding hydrogens is 236 g/mol. The van der Waals surface area contributed by atoms with Crippen molar-refractivity contribution >= 4 is 11.1 Å². The molecule has 2 N–H and O–H groups in total. The molecule has 1 aliphatic rings. The molecule has 0 spiro atoms. The van der Waals surface area contributed by atoms with E-state index in [-0.39, 0.29) is 0 Å². The van der Waals surface area contributed by atoms with Crippen molar-refractivity contribution in [2.24, 2.45) is 5.73 Å². The Morgan fingerprint density at radius 3 is 2.32 bits per heavy atom. The van der Waals surface area contributed by atoms with Crippen LogP contribution in [0.4, 0.5) is 0 Å². The van der Waals surface area contributed by atoms with Crippen LogP contribution in [0.2, 0.25) is 0 Å². The van der Waals surface area contributed by atoms with Gasteiger partial charge in [-0.25, -0.2) is 4.98 Å². The van der Waals surface area contributed by atoms with E-state index in [0.717, 1.165) is 22.6 Å². The highest BCUT2D eigenvalue weighted by atomic mass is 16.3. The van der Waals surface area contributed by atoms with Gasteiger partial charge in [-0.3, -0.25) is 0 Å². The van der Waals surface area contributed by atoms with Crippen molar-refractivity contribution in [3.8, 4) is 0 Å². The number of benzene rings is 1. The van der Waals surface area contributed by atoms with Crippen LogP contribution in [-0.2, 0) is 6.54 Å². The van der Waals surface area contributed by atoms with Gasteiger partial charge in [0, 0.05) is 12.5 Å². The summed E-state index contributed by atoms with van der Waals surface area (Å²) < 4.78 is 5.58. The molecule has 1 aromatic carbocycles. The van der Waals surface area contributed by atoms with Gasteiger partial charge in [0.1, 0.15) is 5.52 Å². The summed E-state index contributed by atoms with van der Waals surface area (Å²) in [7, 11) is 0. The molecule has 104 valence electrons. The van der Waals surface area contributed by atoms with Crippen molar-refractivity contribution in [3.63, 3.8) is 0 Å². The monoisotopic (exact) mass is 260 g/mol. The average molecular weight is 260 g/mol. The van der Waals surface area contributed by atoms with Crippen LogP contribution in [0.15, 0.2) is 22.6 Å². The first-order valence-electron chi connectivity index (χ1n) is 7.30. The number of nitrogens with zero attached hydrogens (tertiary/aromatic N) is 1. The third kappa shape index (κ3) is 3.80. The maximum atomic E-state index is 5.58. The van der Waals surface area contributed by atoms with Crippen LogP contribution >= 0.6 is 0 Å². The average Bonchev–Trinajstić information content (AvgIpc) is 3.10. The molecule has 0 unspecified atom stereocenters. The molecule has 3 nitrogen and oxygen atoms in total. The molecule has 1 aliphatic carbocycles. The highest BCUT2D eigenvalue weighted by molar-refractivity contribution is 5.73. The molecule has 0 bridgehead atoms. The lowest BCUT2D eigenvalue weighted by atomic mass is 10.2. The Kier molecular flexibility index (Phi) is 4.97. The molecule has 0 radical (unpaired) electrons. The number of nitrogens with two attached hydrogens (primary N) is 1. The molecule has 2 aromatic rings.